The van der Waals surface area contributed by atoms with Crippen molar-refractivity contribution in [1.29, 1.82) is 0 Å². The molecule has 1 aromatic heterocycles. The molecule has 0 saturated heterocycles. The van der Waals surface area contributed by atoms with Gasteiger partial charge in [-0.1, -0.05) is 12.1 Å². The minimum atomic E-state index is -3.87. The monoisotopic (exact) mass is 442 g/mol. The van der Waals surface area contributed by atoms with Gasteiger partial charge in [-0.15, -0.1) is 0 Å². The van der Waals surface area contributed by atoms with E-state index < -0.39 is 28.5 Å². The second-order valence-corrected chi connectivity index (χ2v) is 8.62. The summed E-state index contributed by atoms with van der Waals surface area (Å²) < 4.78 is 37.4. The first-order valence-electron chi connectivity index (χ1n) is 9.41. The molecule has 0 atom stereocenters. The molecule has 0 aliphatic carbocycles. The molecule has 3 rings (SSSR count). The van der Waals surface area contributed by atoms with Gasteiger partial charge in [-0.2, -0.15) is 0 Å². The number of carbonyl (C=O) groups is 2. The van der Waals surface area contributed by atoms with E-state index in [4.69, 9.17) is 9.15 Å². The maximum Gasteiger partial charge on any atom is 0.338 e. The second kappa shape index (κ2) is 9.59. The molecular weight excluding hydrogens is 420 g/mol. The molecule has 0 spiro atoms. The van der Waals surface area contributed by atoms with Crippen molar-refractivity contribution in [3.8, 4) is 0 Å². The first-order chi connectivity index (χ1) is 14.7. The summed E-state index contributed by atoms with van der Waals surface area (Å²) in [5, 5.41) is 2.65. The van der Waals surface area contributed by atoms with E-state index in [0.29, 0.717) is 11.4 Å². The van der Waals surface area contributed by atoms with Crippen LogP contribution in [0.3, 0.4) is 0 Å². The number of amides is 1. The molecule has 0 aliphatic rings. The Labute approximate surface area is 180 Å². The SMILES string of the molecule is Cc1ccc(NC(=O)COC(=O)c2cccc(S(=O)(=O)NCc3ccco3)c2)cc1C. The molecule has 0 aliphatic heterocycles. The van der Waals surface area contributed by atoms with E-state index in [-0.39, 0.29) is 17.0 Å². The number of anilines is 1. The summed E-state index contributed by atoms with van der Waals surface area (Å²) in [7, 11) is -3.87. The first-order valence-corrected chi connectivity index (χ1v) is 10.9. The van der Waals surface area contributed by atoms with Crippen molar-refractivity contribution in [2.75, 3.05) is 11.9 Å². The number of benzene rings is 2. The number of hydrogen-bond donors (Lipinski definition) is 2. The van der Waals surface area contributed by atoms with Crippen LogP contribution >= 0.6 is 0 Å². The first kappa shape index (κ1) is 22.3. The third-order valence-electron chi connectivity index (χ3n) is 4.52. The van der Waals surface area contributed by atoms with Gasteiger partial charge in [0.1, 0.15) is 5.76 Å². The zero-order valence-electron chi connectivity index (χ0n) is 17.0. The number of nitrogens with one attached hydrogen (secondary N) is 2. The van der Waals surface area contributed by atoms with Crippen LogP contribution in [0, 0.1) is 13.8 Å². The van der Waals surface area contributed by atoms with Crippen LogP contribution in [-0.2, 0) is 26.1 Å². The van der Waals surface area contributed by atoms with Gasteiger partial charge in [-0.3, -0.25) is 4.79 Å². The number of sulfonamides is 1. The molecule has 0 radical (unpaired) electrons. The molecule has 9 heteroatoms. The second-order valence-electron chi connectivity index (χ2n) is 6.86. The van der Waals surface area contributed by atoms with Crippen LogP contribution in [0.4, 0.5) is 5.69 Å². The van der Waals surface area contributed by atoms with E-state index in [1.807, 2.05) is 26.0 Å². The van der Waals surface area contributed by atoms with Gasteiger partial charge in [0, 0.05) is 5.69 Å². The number of aryl methyl sites for hydroxylation is 2. The fraction of sp³-hybridized carbons (Fsp3) is 0.182. The summed E-state index contributed by atoms with van der Waals surface area (Å²) in [6, 6.07) is 14.1. The number of hydrogen-bond acceptors (Lipinski definition) is 6. The zero-order valence-corrected chi connectivity index (χ0v) is 17.9. The highest BCUT2D eigenvalue weighted by Crippen LogP contribution is 2.15. The Hall–Kier alpha value is -3.43. The van der Waals surface area contributed by atoms with Gasteiger partial charge in [-0.05, 0) is 67.4 Å². The van der Waals surface area contributed by atoms with Crippen molar-refractivity contribution >= 4 is 27.6 Å². The lowest BCUT2D eigenvalue weighted by atomic mass is 10.1. The molecule has 8 nitrogen and oxygen atoms in total. The molecule has 0 unspecified atom stereocenters. The van der Waals surface area contributed by atoms with Gasteiger partial charge in [0.2, 0.25) is 10.0 Å². The highest BCUT2D eigenvalue weighted by molar-refractivity contribution is 7.89. The molecule has 0 fully saturated rings. The van der Waals surface area contributed by atoms with Crippen molar-refractivity contribution in [2.45, 2.75) is 25.3 Å². The third kappa shape index (κ3) is 6.03. The van der Waals surface area contributed by atoms with Crippen LogP contribution in [-0.4, -0.2) is 26.9 Å². The molecule has 2 N–H and O–H groups in total. The highest BCUT2D eigenvalue weighted by Gasteiger charge is 2.18. The molecule has 31 heavy (non-hydrogen) atoms. The Kier molecular flexibility index (Phi) is 6.88. The lowest BCUT2D eigenvalue weighted by Gasteiger charge is -2.09. The predicted octanol–water partition coefficient (Wildman–Crippen LogP) is 3.17. The standard InChI is InChI=1S/C22H22N2O6S/c1-15-8-9-18(11-16(15)2)24-21(25)14-30-22(26)17-5-3-7-20(12-17)31(27,28)23-13-19-6-4-10-29-19/h3-12,23H,13-14H2,1-2H3,(H,24,25). The molecular formula is C22H22N2O6S. The maximum atomic E-state index is 12.5. The van der Waals surface area contributed by atoms with E-state index in [9.17, 15) is 18.0 Å². The topological polar surface area (TPSA) is 115 Å². The Morgan fingerprint density at radius 1 is 1.00 bits per heavy atom. The average Bonchev–Trinajstić information content (AvgIpc) is 3.27. The lowest BCUT2D eigenvalue weighted by molar-refractivity contribution is -0.119. The number of furan rings is 1. The van der Waals surface area contributed by atoms with Crippen molar-refractivity contribution < 1.29 is 27.2 Å². The fourth-order valence-electron chi connectivity index (χ4n) is 2.68. The number of carbonyl (C=O) groups excluding carboxylic acids is 2. The van der Waals surface area contributed by atoms with Crippen LogP contribution in [0.5, 0.6) is 0 Å². The summed E-state index contributed by atoms with van der Waals surface area (Å²) in [4.78, 5) is 24.3. The van der Waals surface area contributed by atoms with Crippen LogP contribution in [0.2, 0.25) is 0 Å². The average molecular weight is 442 g/mol. The Morgan fingerprint density at radius 3 is 2.52 bits per heavy atom. The molecule has 3 aromatic rings. The van der Waals surface area contributed by atoms with Crippen molar-refractivity contribution in [3.05, 3.63) is 83.3 Å². The molecule has 162 valence electrons. The minimum absolute atomic E-state index is 0.0138. The lowest BCUT2D eigenvalue weighted by Crippen LogP contribution is -2.24. The van der Waals surface area contributed by atoms with E-state index in [2.05, 4.69) is 10.0 Å². The van der Waals surface area contributed by atoms with Crippen molar-refractivity contribution in [2.24, 2.45) is 0 Å². The van der Waals surface area contributed by atoms with E-state index in [1.165, 1.54) is 30.5 Å². The van der Waals surface area contributed by atoms with Gasteiger partial charge in [0.05, 0.1) is 23.3 Å². The largest absolute Gasteiger partial charge is 0.468 e. The summed E-state index contributed by atoms with van der Waals surface area (Å²) in [5.74, 6) is -0.854. The third-order valence-corrected chi connectivity index (χ3v) is 5.92. The van der Waals surface area contributed by atoms with Crippen LogP contribution in [0.15, 0.2) is 70.2 Å². The maximum absolute atomic E-state index is 12.5. The molecule has 0 bridgehead atoms. The summed E-state index contributed by atoms with van der Waals surface area (Å²) in [6.45, 7) is 3.36. The summed E-state index contributed by atoms with van der Waals surface area (Å²) in [6.07, 6.45) is 1.44. The minimum Gasteiger partial charge on any atom is -0.468 e. The van der Waals surface area contributed by atoms with Crippen LogP contribution in [0.1, 0.15) is 27.2 Å². The van der Waals surface area contributed by atoms with Gasteiger partial charge in [0.15, 0.2) is 6.61 Å². The van der Waals surface area contributed by atoms with Crippen LogP contribution < -0.4 is 10.0 Å². The van der Waals surface area contributed by atoms with Gasteiger partial charge in [-0.25, -0.2) is 17.9 Å². The highest BCUT2D eigenvalue weighted by atomic mass is 32.2. The van der Waals surface area contributed by atoms with Crippen LogP contribution in [0.25, 0.3) is 0 Å². The fourth-order valence-corrected chi connectivity index (χ4v) is 3.72. The molecule has 0 saturated carbocycles. The summed E-state index contributed by atoms with van der Waals surface area (Å²) >= 11 is 0. The van der Waals surface area contributed by atoms with Gasteiger partial charge < -0.3 is 14.5 Å². The summed E-state index contributed by atoms with van der Waals surface area (Å²) in [5.41, 5.74) is 2.73. The zero-order chi connectivity index (χ0) is 22.4. The number of rotatable bonds is 8. The van der Waals surface area contributed by atoms with Crippen molar-refractivity contribution in [3.63, 3.8) is 0 Å². The van der Waals surface area contributed by atoms with E-state index >= 15 is 0 Å². The van der Waals surface area contributed by atoms with Gasteiger partial charge in [0.25, 0.3) is 5.91 Å². The number of ether oxygens (including phenoxy) is 1. The smallest absolute Gasteiger partial charge is 0.338 e. The Balaban J connectivity index is 1.59. The predicted molar refractivity (Wildman–Crippen MR) is 114 cm³/mol. The normalized spacial score (nSPS) is 11.2. The van der Waals surface area contributed by atoms with E-state index in [0.717, 1.165) is 11.1 Å². The number of esters is 1. The molecule has 2 aromatic carbocycles. The molecule has 1 amide bonds. The van der Waals surface area contributed by atoms with Gasteiger partial charge >= 0.3 is 5.97 Å². The quantitative estimate of drug-likeness (QED) is 0.518. The van der Waals surface area contributed by atoms with E-state index in [1.54, 1.807) is 18.2 Å². The Morgan fingerprint density at radius 2 is 1.81 bits per heavy atom. The molecule has 1 heterocycles. The van der Waals surface area contributed by atoms with Crippen molar-refractivity contribution in [1.82, 2.24) is 4.72 Å². The Bertz CT molecular complexity index is 1190.